The van der Waals surface area contributed by atoms with Crippen LogP contribution in [0.4, 0.5) is 0 Å². The van der Waals surface area contributed by atoms with Gasteiger partial charge in [-0.25, -0.2) is 9.78 Å². The molecule has 24 heavy (non-hydrogen) atoms. The number of carbonyl (C=O) groups excluding carboxylic acids is 1. The average molecular weight is 324 g/mol. The van der Waals surface area contributed by atoms with Crippen molar-refractivity contribution >= 4 is 11.6 Å². The Kier molecular flexibility index (Phi) is 4.29. The Labute approximate surface area is 138 Å². The van der Waals surface area contributed by atoms with Crippen LogP contribution in [0.3, 0.4) is 0 Å². The molecule has 1 aromatic carbocycles. The molecule has 0 radical (unpaired) electrons. The van der Waals surface area contributed by atoms with Crippen molar-refractivity contribution < 1.29 is 14.3 Å². The fraction of sp³-hybridized carbons (Fsp3) is 0.167. The monoisotopic (exact) mass is 324 g/mol. The highest BCUT2D eigenvalue weighted by molar-refractivity contribution is 5.89. The Bertz CT molecular complexity index is 963. The van der Waals surface area contributed by atoms with Crippen LogP contribution in [-0.2, 0) is 11.3 Å². The third-order valence-corrected chi connectivity index (χ3v) is 3.52. The second-order valence-electron chi connectivity index (χ2n) is 5.33. The average Bonchev–Trinajstić information content (AvgIpc) is 2.60. The first-order chi connectivity index (χ1) is 11.6. The van der Waals surface area contributed by atoms with E-state index in [0.29, 0.717) is 22.7 Å². The van der Waals surface area contributed by atoms with E-state index in [1.165, 1.54) is 17.6 Å². The number of aromatic nitrogens is 2. The van der Waals surface area contributed by atoms with Gasteiger partial charge in [-0.1, -0.05) is 12.1 Å². The zero-order valence-electron chi connectivity index (χ0n) is 13.4. The van der Waals surface area contributed by atoms with Gasteiger partial charge in [-0.3, -0.25) is 9.20 Å². The number of fused-ring (bicyclic) bond motifs is 1. The highest BCUT2D eigenvalue weighted by Gasteiger charge is 2.10. The molecule has 0 aliphatic carbocycles. The minimum atomic E-state index is -0.500. The van der Waals surface area contributed by atoms with Crippen LogP contribution in [0.2, 0.25) is 0 Å². The van der Waals surface area contributed by atoms with Crippen molar-refractivity contribution in [1.29, 1.82) is 0 Å². The molecule has 0 spiro atoms. The molecule has 0 unspecified atom stereocenters. The first-order valence-corrected chi connectivity index (χ1v) is 7.37. The summed E-state index contributed by atoms with van der Waals surface area (Å²) in [5.74, 6) is 0.0710. The Morgan fingerprint density at radius 2 is 2.04 bits per heavy atom. The first-order valence-electron chi connectivity index (χ1n) is 7.37. The molecule has 122 valence electrons. The van der Waals surface area contributed by atoms with E-state index in [-0.39, 0.29) is 12.2 Å². The number of rotatable bonds is 4. The van der Waals surface area contributed by atoms with Crippen molar-refractivity contribution in [3.63, 3.8) is 0 Å². The molecule has 0 atom stereocenters. The fourth-order valence-corrected chi connectivity index (χ4v) is 2.31. The molecule has 0 aliphatic rings. The molecular weight excluding hydrogens is 308 g/mol. The number of nitrogens with zero attached hydrogens (tertiary/aromatic N) is 2. The second kappa shape index (κ2) is 6.54. The SMILES string of the molecule is COc1cccc(C(=O)OCc2cc(=O)n3cc(C)ccc3n2)c1. The summed E-state index contributed by atoms with van der Waals surface area (Å²) in [4.78, 5) is 28.5. The summed E-state index contributed by atoms with van der Waals surface area (Å²) in [5.41, 5.74) is 2.04. The zero-order chi connectivity index (χ0) is 17.1. The van der Waals surface area contributed by atoms with Crippen LogP contribution < -0.4 is 10.3 Å². The smallest absolute Gasteiger partial charge is 0.338 e. The van der Waals surface area contributed by atoms with Gasteiger partial charge in [-0.05, 0) is 36.8 Å². The minimum absolute atomic E-state index is 0.0738. The molecule has 2 aromatic heterocycles. The van der Waals surface area contributed by atoms with Crippen LogP contribution in [-0.4, -0.2) is 22.5 Å². The summed E-state index contributed by atoms with van der Waals surface area (Å²) in [5, 5.41) is 0. The Morgan fingerprint density at radius 3 is 2.83 bits per heavy atom. The van der Waals surface area contributed by atoms with E-state index in [2.05, 4.69) is 4.98 Å². The number of hydrogen-bond donors (Lipinski definition) is 0. The van der Waals surface area contributed by atoms with Gasteiger partial charge in [0.15, 0.2) is 0 Å². The lowest BCUT2D eigenvalue weighted by molar-refractivity contribution is 0.0467. The summed E-state index contributed by atoms with van der Waals surface area (Å²) < 4.78 is 11.8. The van der Waals surface area contributed by atoms with Gasteiger partial charge >= 0.3 is 5.97 Å². The Hall–Kier alpha value is -3.15. The molecule has 6 nitrogen and oxygen atoms in total. The third kappa shape index (κ3) is 3.27. The highest BCUT2D eigenvalue weighted by atomic mass is 16.5. The number of hydrogen-bond acceptors (Lipinski definition) is 5. The van der Waals surface area contributed by atoms with Crippen LogP contribution in [0, 0.1) is 6.92 Å². The Balaban J connectivity index is 1.79. The molecular formula is C18H16N2O4. The summed E-state index contributed by atoms with van der Waals surface area (Å²) in [7, 11) is 1.53. The van der Waals surface area contributed by atoms with E-state index in [1.54, 1.807) is 36.5 Å². The molecule has 0 saturated carbocycles. The molecule has 3 aromatic rings. The number of carbonyl (C=O) groups is 1. The molecule has 0 fully saturated rings. The quantitative estimate of drug-likeness (QED) is 0.689. The Morgan fingerprint density at radius 1 is 1.21 bits per heavy atom. The topological polar surface area (TPSA) is 69.9 Å². The maximum absolute atomic E-state index is 12.1. The predicted molar refractivity (Wildman–Crippen MR) is 88.3 cm³/mol. The molecule has 0 N–H and O–H groups in total. The number of pyridine rings is 1. The summed E-state index contributed by atoms with van der Waals surface area (Å²) >= 11 is 0. The number of aryl methyl sites for hydroxylation is 1. The number of ether oxygens (including phenoxy) is 2. The lowest BCUT2D eigenvalue weighted by atomic mass is 10.2. The van der Waals surface area contributed by atoms with Crippen molar-refractivity contribution in [2.24, 2.45) is 0 Å². The highest BCUT2D eigenvalue weighted by Crippen LogP contribution is 2.14. The van der Waals surface area contributed by atoms with Gasteiger partial charge in [0.1, 0.15) is 18.0 Å². The van der Waals surface area contributed by atoms with E-state index in [0.717, 1.165) is 5.56 Å². The molecule has 3 rings (SSSR count). The van der Waals surface area contributed by atoms with E-state index in [9.17, 15) is 9.59 Å². The van der Waals surface area contributed by atoms with Crippen LogP contribution in [0.15, 0.2) is 53.5 Å². The van der Waals surface area contributed by atoms with Gasteiger partial charge < -0.3 is 9.47 Å². The minimum Gasteiger partial charge on any atom is -0.497 e. The number of esters is 1. The van der Waals surface area contributed by atoms with Crippen molar-refractivity contribution in [3.8, 4) is 5.75 Å². The van der Waals surface area contributed by atoms with Gasteiger partial charge in [0.25, 0.3) is 5.56 Å². The van der Waals surface area contributed by atoms with E-state index in [1.807, 2.05) is 13.0 Å². The molecule has 6 heteroatoms. The first kappa shape index (κ1) is 15.7. The lowest BCUT2D eigenvalue weighted by Crippen LogP contribution is -2.17. The van der Waals surface area contributed by atoms with Gasteiger partial charge in [-0.2, -0.15) is 0 Å². The zero-order valence-corrected chi connectivity index (χ0v) is 13.4. The maximum atomic E-state index is 12.1. The van der Waals surface area contributed by atoms with Crippen molar-refractivity contribution in [2.75, 3.05) is 7.11 Å². The van der Waals surface area contributed by atoms with Gasteiger partial charge in [0.05, 0.1) is 18.4 Å². The largest absolute Gasteiger partial charge is 0.497 e. The summed E-state index contributed by atoms with van der Waals surface area (Å²) in [6.45, 7) is 1.82. The molecule has 0 amide bonds. The molecule has 0 aliphatic heterocycles. The predicted octanol–water partition coefficient (Wildman–Crippen LogP) is 2.37. The second-order valence-corrected chi connectivity index (χ2v) is 5.33. The summed E-state index contributed by atoms with van der Waals surface area (Å²) in [6, 6.07) is 11.7. The van der Waals surface area contributed by atoms with Crippen LogP contribution >= 0.6 is 0 Å². The standard InChI is InChI=1S/C18H16N2O4/c1-12-6-7-16-19-14(9-17(21)20(16)10-12)11-24-18(22)13-4-3-5-15(8-13)23-2/h3-10H,11H2,1-2H3. The van der Waals surface area contributed by atoms with Crippen molar-refractivity contribution in [1.82, 2.24) is 9.38 Å². The maximum Gasteiger partial charge on any atom is 0.338 e. The van der Waals surface area contributed by atoms with Gasteiger partial charge in [0.2, 0.25) is 0 Å². The van der Waals surface area contributed by atoms with E-state index in [4.69, 9.17) is 9.47 Å². The fourth-order valence-electron chi connectivity index (χ4n) is 2.31. The van der Waals surface area contributed by atoms with Crippen LogP contribution in [0.25, 0.3) is 5.65 Å². The van der Waals surface area contributed by atoms with Gasteiger partial charge in [-0.15, -0.1) is 0 Å². The normalized spacial score (nSPS) is 10.6. The number of methoxy groups -OCH3 is 1. The van der Waals surface area contributed by atoms with Crippen LogP contribution in [0.1, 0.15) is 21.6 Å². The number of benzene rings is 1. The summed E-state index contributed by atoms with van der Waals surface area (Å²) in [6.07, 6.45) is 1.72. The molecule has 0 saturated heterocycles. The molecule has 2 heterocycles. The van der Waals surface area contributed by atoms with E-state index >= 15 is 0 Å². The van der Waals surface area contributed by atoms with Crippen molar-refractivity contribution in [3.05, 3.63) is 75.8 Å². The third-order valence-electron chi connectivity index (χ3n) is 3.52. The van der Waals surface area contributed by atoms with Crippen molar-refractivity contribution in [2.45, 2.75) is 13.5 Å². The van der Waals surface area contributed by atoms with E-state index < -0.39 is 5.97 Å². The van der Waals surface area contributed by atoms with Crippen LogP contribution in [0.5, 0.6) is 5.75 Å². The van der Waals surface area contributed by atoms with Gasteiger partial charge in [0, 0.05) is 12.3 Å². The lowest BCUT2D eigenvalue weighted by Gasteiger charge is -2.07. The molecule has 0 bridgehead atoms.